The molecule has 2 unspecified atom stereocenters. The summed E-state index contributed by atoms with van der Waals surface area (Å²) in [5.74, 6) is 0.819. The number of rotatable bonds is 5. The highest BCUT2D eigenvalue weighted by Gasteiger charge is 2.15. The summed E-state index contributed by atoms with van der Waals surface area (Å²) in [7, 11) is 0. The average molecular weight is 199 g/mol. The van der Waals surface area contributed by atoms with Crippen molar-refractivity contribution in [3.05, 3.63) is 0 Å². The average Bonchev–Trinajstić information content (AvgIpc) is 2.15. The minimum Gasteiger partial charge on any atom is -0.378 e. The minimum absolute atomic E-state index is 0.261. The first-order valence-corrected chi connectivity index (χ1v) is 6.05. The number of ether oxygens (including phenoxy) is 1. The minimum atomic E-state index is 0.261. The molecule has 14 heavy (non-hydrogen) atoms. The van der Waals surface area contributed by atoms with Gasteiger partial charge in [0.25, 0.3) is 0 Å². The molecule has 0 heterocycles. The van der Waals surface area contributed by atoms with Gasteiger partial charge in [-0.2, -0.15) is 0 Å². The molecule has 0 saturated heterocycles. The normalized spacial score (nSPS) is 23.4. The van der Waals surface area contributed by atoms with Crippen LogP contribution in [0.5, 0.6) is 0 Å². The van der Waals surface area contributed by atoms with Gasteiger partial charge < -0.3 is 10.5 Å². The van der Waals surface area contributed by atoms with Crippen molar-refractivity contribution in [1.82, 2.24) is 0 Å². The van der Waals surface area contributed by atoms with E-state index in [0.29, 0.717) is 6.10 Å². The third-order valence-corrected chi connectivity index (χ3v) is 3.04. The molecule has 2 atom stereocenters. The SMILES string of the molecule is CC(N)CC(C)OCC1CCCCC1. The molecule has 1 fully saturated rings. The van der Waals surface area contributed by atoms with Crippen LogP contribution in [0.4, 0.5) is 0 Å². The lowest BCUT2D eigenvalue weighted by molar-refractivity contribution is 0.0241. The van der Waals surface area contributed by atoms with E-state index in [-0.39, 0.29) is 6.04 Å². The van der Waals surface area contributed by atoms with Gasteiger partial charge in [0.1, 0.15) is 0 Å². The molecule has 84 valence electrons. The zero-order valence-electron chi connectivity index (χ0n) is 9.67. The van der Waals surface area contributed by atoms with E-state index >= 15 is 0 Å². The maximum absolute atomic E-state index is 5.81. The molecule has 1 aliphatic rings. The van der Waals surface area contributed by atoms with Gasteiger partial charge in [0.05, 0.1) is 6.10 Å². The van der Waals surface area contributed by atoms with Crippen LogP contribution in [0.2, 0.25) is 0 Å². The Morgan fingerprint density at radius 1 is 1.21 bits per heavy atom. The third kappa shape index (κ3) is 4.97. The van der Waals surface area contributed by atoms with E-state index in [2.05, 4.69) is 6.92 Å². The molecule has 1 rings (SSSR count). The standard InChI is InChI=1S/C12H25NO/c1-10(13)8-11(2)14-9-12-6-4-3-5-7-12/h10-12H,3-9,13H2,1-2H3. The van der Waals surface area contributed by atoms with Gasteiger partial charge in [-0.15, -0.1) is 0 Å². The van der Waals surface area contributed by atoms with Crippen LogP contribution in [-0.2, 0) is 4.74 Å². The van der Waals surface area contributed by atoms with Gasteiger partial charge in [-0.3, -0.25) is 0 Å². The highest BCUT2D eigenvalue weighted by molar-refractivity contribution is 4.66. The van der Waals surface area contributed by atoms with E-state index in [1.165, 1.54) is 32.1 Å². The first-order chi connectivity index (χ1) is 6.68. The lowest BCUT2D eigenvalue weighted by atomic mass is 9.90. The van der Waals surface area contributed by atoms with Crippen LogP contribution in [0, 0.1) is 5.92 Å². The Morgan fingerprint density at radius 2 is 1.86 bits per heavy atom. The molecular weight excluding hydrogens is 174 g/mol. The summed E-state index contributed by atoms with van der Waals surface area (Å²) < 4.78 is 5.81. The van der Waals surface area contributed by atoms with E-state index in [4.69, 9.17) is 10.5 Å². The van der Waals surface area contributed by atoms with Crippen molar-refractivity contribution >= 4 is 0 Å². The molecule has 1 saturated carbocycles. The fraction of sp³-hybridized carbons (Fsp3) is 1.00. The van der Waals surface area contributed by atoms with Crippen LogP contribution in [-0.4, -0.2) is 18.8 Å². The lowest BCUT2D eigenvalue weighted by Crippen LogP contribution is -2.25. The molecule has 0 aliphatic heterocycles. The molecule has 2 N–H and O–H groups in total. The molecule has 0 spiro atoms. The van der Waals surface area contributed by atoms with E-state index in [1.54, 1.807) is 0 Å². The van der Waals surface area contributed by atoms with Gasteiger partial charge in [-0.1, -0.05) is 19.3 Å². The van der Waals surface area contributed by atoms with Crippen LogP contribution < -0.4 is 5.73 Å². The van der Waals surface area contributed by atoms with E-state index in [1.807, 2.05) is 6.92 Å². The van der Waals surface area contributed by atoms with E-state index in [0.717, 1.165) is 18.9 Å². The van der Waals surface area contributed by atoms with Gasteiger partial charge in [-0.05, 0) is 39.0 Å². The summed E-state index contributed by atoms with van der Waals surface area (Å²) in [5, 5.41) is 0. The van der Waals surface area contributed by atoms with Crippen molar-refractivity contribution < 1.29 is 4.74 Å². The van der Waals surface area contributed by atoms with E-state index < -0.39 is 0 Å². The first-order valence-electron chi connectivity index (χ1n) is 6.05. The molecule has 0 aromatic carbocycles. The summed E-state index contributed by atoms with van der Waals surface area (Å²) in [6, 6.07) is 0.261. The van der Waals surface area contributed by atoms with Crippen LogP contribution in [0.15, 0.2) is 0 Å². The fourth-order valence-corrected chi connectivity index (χ4v) is 2.25. The van der Waals surface area contributed by atoms with Crippen LogP contribution in [0.3, 0.4) is 0 Å². The predicted octanol–water partition coefficient (Wildman–Crippen LogP) is 2.71. The Balaban J connectivity index is 2.06. The Hall–Kier alpha value is -0.0800. The number of hydrogen-bond acceptors (Lipinski definition) is 2. The Bertz CT molecular complexity index is 141. The van der Waals surface area contributed by atoms with Gasteiger partial charge in [0.2, 0.25) is 0 Å². The lowest BCUT2D eigenvalue weighted by Gasteiger charge is -2.24. The van der Waals surface area contributed by atoms with Crippen molar-refractivity contribution in [2.24, 2.45) is 11.7 Å². The maximum Gasteiger partial charge on any atom is 0.0561 e. The highest BCUT2D eigenvalue weighted by atomic mass is 16.5. The first kappa shape index (κ1) is 12.0. The molecule has 1 aliphatic carbocycles. The van der Waals surface area contributed by atoms with Crippen LogP contribution in [0.25, 0.3) is 0 Å². The molecule has 0 amide bonds. The van der Waals surface area contributed by atoms with Gasteiger partial charge in [0.15, 0.2) is 0 Å². The molecule has 2 heteroatoms. The molecule has 0 bridgehead atoms. The van der Waals surface area contributed by atoms with Gasteiger partial charge in [-0.25, -0.2) is 0 Å². The number of nitrogens with two attached hydrogens (primary N) is 1. The molecule has 0 aromatic heterocycles. The summed E-state index contributed by atoms with van der Waals surface area (Å²) in [6.45, 7) is 5.13. The predicted molar refractivity (Wildman–Crippen MR) is 60.3 cm³/mol. The van der Waals surface area contributed by atoms with Crippen molar-refractivity contribution in [3.8, 4) is 0 Å². The van der Waals surface area contributed by atoms with Gasteiger partial charge in [0, 0.05) is 12.6 Å². The number of hydrogen-bond donors (Lipinski definition) is 1. The smallest absolute Gasteiger partial charge is 0.0561 e. The molecular formula is C12H25NO. The monoisotopic (exact) mass is 199 g/mol. The summed E-state index contributed by atoms with van der Waals surface area (Å²) in [4.78, 5) is 0. The second-order valence-corrected chi connectivity index (χ2v) is 4.86. The second-order valence-electron chi connectivity index (χ2n) is 4.86. The Labute approximate surface area is 88.2 Å². The highest BCUT2D eigenvalue weighted by Crippen LogP contribution is 2.24. The van der Waals surface area contributed by atoms with Crippen LogP contribution in [0.1, 0.15) is 52.4 Å². The Morgan fingerprint density at radius 3 is 2.43 bits per heavy atom. The zero-order valence-corrected chi connectivity index (χ0v) is 9.67. The topological polar surface area (TPSA) is 35.2 Å². The van der Waals surface area contributed by atoms with Crippen molar-refractivity contribution in [2.45, 2.75) is 64.5 Å². The summed E-state index contributed by atoms with van der Waals surface area (Å²) >= 11 is 0. The second kappa shape index (κ2) is 6.41. The Kier molecular flexibility index (Phi) is 5.49. The summed E-state index contributed by atoms with van der Waals surface area (Å²) in [5.41, 5.74) is 5.72. The van der Waals surface area contributed by atoms with Crippen molar-refractivity contribution in [1.29, 1.82) is 0 Å². The van der Waals surface area contributed by atoms with E-state index in [9.17, 15) is 0 Å². The molecule has 0 aromatic rings. The third-order valence-electron chi connectivity index (χ3n) is 3.04. The zero-order chi connectivity index (χ0) is 10.4. The maximum atomic E-state index is 5.81. The van der Waals surface area contributed by atoms with Gasteiger partial charge >= 0.3 is 0 Å². The molecule has 0 radical (unpaired) electrons. The largest absolute Gasteiger partial charge is 0.378 e. The summed E-state index contributed by atoms with van der Waals surface area (Å²) in [6.07, 6.45) is 8.26. The van der Waals surface area contributed by atoms with Crippen LogP contribution >= 0.6 is 0 Å². The molecule has 2 nitrogen and oxygen atoms in total. The fourth-order valence-electron chi connectivity index (χ4n) is 2.25. The van der Waals surface area contributed by atoms with Crippen molar-refractivity contribution in [3.63, 3.8) is 0 Å². The van der Waals surface area contributed by atoms with Crippen molar-refractivity contribution in [2.75, 3.05) is 6.61 Å². The quantitative estimate of drug-likeness (QED) is 0.739.